The third-order valence-electron chi connectivity index (χ3n) is 3.64. The summed E-state index contributed by atoms with van der Waals surface area (Å²) in [5, 5.41) is 22.3. The van der Waals surface area contributed by atoms with Crippen LogP contribution >= 0.6 is 0 Å². The largest absolute Gasteiger partial charge is 0.392 e. The number of nitrogens with zero attached hydrogens (tertiary/aromatic N) is 1. The SMILES string of the molecule is CC1(C)C(O)CCN([O])C1(C)C. The Morgan fingerprint density at radius 1 is 1.33 bits per heavy atom. The molecule has 1 radical (unpaired) electrons. The molecule has 0 aliphatic carbocycles. The molecule has 12 heavy (non-hydrogen) atoms. The van der Waals surface area contributed by atoms with Crippen LogP contribution in [0.5, 0.6) is 0 Å². The molecule has 1 atom stereocenters. The predicted octanol–water partition coefficient (Wildman–Crippen LogP) is 1.20. The quantitative estimate of drug-likeness (QED) is 0.596. The number of rotatable bonds is 0. The van der Waals surface area contributed by atoms with Gasteiger partial charge in [-0.3, -0.25) is 0 Å². The van der Waals surface area contributed by atoms with Crippen LogP contribution in [0.3, 0.4) is 0 Å². The van der Waals surface area contributed by atoms with Gasteiger partial charge in [0, 0.05) is 12.0 Å². The van der Waals surface area contributed by atoms with Crippen LogP contribution in [0, 0.1) is 5.41 Å². The van der Waals surface area contributed by atoms with Crippen molar-refractivity contribution in [3.05, 3.63) is 0 Å². The number of aliphatic hydroxyl groups excluding tert-OH is 1. The third-order valence-corrected chi connectivity index (χ3v) is 3.64. The van der Waals surface area contributed by atoms with Gasteiger partial charge in [0.15, 0.2) is 0 Å². The zero-order valence-electron chi connectivity index (χ0n) is 8.29. The van der Waals surface area contributed by atoms with Crippen LogP contribution in [-0.4, -0.2) is 28.4 Å². The van der Waals surface area contributed by atoms with Gasteiger partial charge in [-0.05, 0) is 20.3 Å². The number of hydrogen-bond acceptors (Lipinski definition) is 2. The van der Waals surface area contributed by atoms with E-state index in [1.807, 2.05) is 27.7 Å². The molecule has 1 N–H and O–H groups in total. The van der Waals surface area contributed by atoms with Gasteiger partial charge in [0.05, 0.1) is 11.6 Å². The van der Waals surface area contributed by atoms with Gasteiger partial charge in [0.1, 0.15) is 0 Å². The van der Waals surface area contributed by atoms with E-state index in [0.29, 0.717) is 13.0 Å². The third kappa shape index (κ3) is 1.16. The molecule has 0 saturated carbocycles. The maximum absolute atomic E-state index is 11.5. The van der Waals surface area contributed by atoms with Gasteiger partial charge in [-0.2, -0.15) is 0 Å². The van der Waals surface area contributed by atoms with E-state index in [0.717, 1.165) is 5.06 Å². The zero-order chi connectivity index (χ0) is 9.57. The summed E-state index contributed by atoms with van der Waals surface area (Å²) in [4.78, 5) is 0. The van der Waals surface area contributed by atoms with E-state index in [-0.39, 0.29) is 11.5 Å². The molecule has 3 heteroatoms. The summed E-state index contributed by atoms with van der Waals surface area (Å²) in [6.07, 6.45) is 0.220. The molecule has 1 fully saturated rings. The normalized spacial score (nSPS) is 35.0. The zero-order valence-corrected chi connectivity index (χ0v) is 8.29. The average Bonchev–Trinajstić information content (AvgIpc) is 1.96. The van der Waals surface area contributed by atoms with Crippen LogP contribution in [0.25, 0.3) is 0 Å². The Kier molecular flexibility index (Phi) is 2.23. The van der Waals surface area contributed by atoms with E-state index in [1.54, 1.807) is 0 Å². The highest BCUT2D eigenvalue weighted by Gasteiger charge is 2.50. The highest BCUT2D eigenvalue weighted by Crippen LogP contribution is 2.42. The molecule has 0 aromatic heterocycles. The summed E-state index contributed by atoms with van der Waals surface area (Å²) in [6, 6.07) is 0. The Balaban J connectivity index is 2.92. The van der Waals surface area contributed by atoms with Crippen molar-refractivity contribution >= 4 is 0 Å². The van der Waals surface area contributed by atoms with Crippen molar-refractivity contribution in [3.63, 3.8) is 0 Å². The second-order valence-electron chi connectivity index (χ2n) is 4.69. The van der Waals surface area contributed by atoms with Crippen molar-refractivity contribution in [2.24, 2.45) is 5.41 Å². The fourth-order valence-electron chi connectivity index (χ4n) is 1.61. The van der Waals surface area contributed by atoms with Crippen molar-refractivity contribution in [3.8, 4) is 0 Å². The minimum Gasteiger partial charge on any atom is -0.392 e. The average molecular weight is 172 g/mol. The molecule has 0 amide bonds. The van der Waals surface area contributed by atoms with Crippen molar-refractivity contribution in [2.45, 2.75) is 45.8 Å². The van der Waals surface area contributed by atoms with E-state index in [9.17, 15) is 10.3 Å². The number of piperidine rings is 1. The van der Waals surface area contributed by atoms with Crippen LogP contribution in [0.2, 0.25) is 0 Å². The minimum absolute atomic E-state index is 0.326. The van der Waals surface area contributed by atoms with Crippen molar-refractivity contribution in [2.75, 3.05) is 6.54 Å². The first-order valence-electron chi connectivity index (χ1n) is 4.43. The molecule has 1 saturated heterocycles. The molecule has 0 aromatic carbocycles. The lowest BCUT2D eigenvalue weighted by Gasteiger charge is -2.51. The molecule has 1 aliphatic heterocycles. The highest BCUT2D eigenvalue weighted by atomic mass is 16.5. The molecule has 1 aliphatic rings. The number of hydroxylamine groups is 2. The van der Waals surface area contributed by atoms with Gasteiger partial charge >= 0.3 is 0 Å². The van der Waals surface area contributed by atoms with Crippen LogP contribution < -0.4 is 0 Å². The summed E-state index contributed by atoms with van der Waals surface area (Å²) in [5.41, 5.74) is -0.794. The Morgan fingerprint density at radius 3 is 2.25 bits per heavy atom. The molecule has 1 heterocycles. The van der Waals surface area contributed by atoms with Crippen LogP contribution in [0.4, 0.5) is 0 Å². The van der Waals surface area contributed by atoms with Crippen LogP contribution in [0.15, 0.2) is 0 Å². The lowest BCUT2D eigenvalue weighted by molar-refractivity contribution is -0.282. The fraction of sp³-hybridized carbons (Fsp3) is 1.00. The molecule has 0 aromatic rings. The van der Waals surface area contributed by atoms with Gasteiger partial charge in [0.2, 0.25) is 0 Å². The maximum Gasteiger partial charge on any atom is 0.0622 e. The molecule has 1 rings (SSSR count). The van der Waals surface area contributed by atoms with E-state index >= 15 is 0 Å². The van der Waals surface area contributed by atoms with Gasteiger partial charge in [-0.25, -0.2) is 0 Å². The number of hydrogen-bond donors (Lipinski definition) is 1. The van der Waals surface area contributed by atoms with Crippen LogP contribution in [-0.2, 0) is 5.21 Å². The van der Waals surface area contributed by atoms with Crippen molar-refractivity contribution in [1.29, 1.82) is 0 Å². The van der Waals surface area contributed by atoms with Gasteiger partial charge in [0.25, 0.3) is 0 Å². The van der Waals surface area contributed by atoms with Gasteiger partial charge in [-0.1, -0.05) is 13.8 Å². The summed E-state index contributed by atoms with van der Waals surface area (Å²) in [7, 11) is 0. The Hall–Kier alpha value is -0.120. The Morgan fingerprint density at radius 2 is 1.83 bits per heavy atom. The first-order chi connectivity index (χ1) is 5.30. The molecule has 71 valence electrons. The Labute approximate surface area is 74.0 Å². The van der Waals surface area contributed by atoms with Gasteiger partial charge in [-0.15, -0.1) is 10.3 Å². The number of aliphatic hydroxyl groups is 1. The summed E-state index contributed by atoms with van der Waals surface area (Å²) >= 11 is 0. The lowest BCUT2D eigenvalue weighted by Crippen LogP contribution is -2.61. The molecular weight excluding hydrogens is 154 g/mol. The summed E-state index contributed by atoms with van der Waals surface area (Å²) in [5.74, 6) is 0. The monoisotopic (exact) mass is 172 g/mol. The van der Waals surface area contributed by atoms with E-state index < -0.39 is 5.54 Å². The van der Waals surface area contributed by atoms with Crippen LogP contribution in [0.1, 0.15) is 34.1 Å². The molecule has 0 bridgehead atoms. The Bertz CT molecular complexity index is 157. The second-order valence-corrected chi connectivity index (χ2v) is 4.69. The van der Waals surface area contributed by atoms with Crippen molar-refractivity contribution < 1.29 is 10.3 Å². The first kappa shape index (κ1) is 9.96. The molecule has 1 unspecified atom stereocenters. The van der Waals surface area contributed by atoms with E-state index in [1.165, 1.54) is 0 Å². The minimum atomic E-state index is -0.468. The molecular formula is C9H18NO2. The topological polar surface area (TPSA) is 43.4 Å². The second kappa shape index (κ2) is 2.69. The molecule has 0 spiro atoms. The molecule has 3 nitrogen and oxygen atoms in total. The van der Waals surface area contributed by atoms with Gasteiger partial charge < -0.3 is 5.11 Å². The first-order valence-corrected chi connectivity index (χ1v) is 4.43. The smallest absolute Gasteiger partial charge is 0.0622 e. The standard InChI is InChI=1S/C9H18NO2/c1-8(2)7(11)5-6-10(12)9(8,3)4/h7,11H,5-6H2,1-4H3. The summed E-state index contributed by atoms with van der Waals surface area (Å²) in [6.45, 7) is 8.12. The van der Waals surface area contributed by atoms with E-state index in [2.05, 4.69) is 0 Å². The predicted molar refractivity (Wildman–Crippen MR) is 45.9 cm³/mol. The summed E-state index contributed by atoms with van der Waals surface area (Å²) < 4.78 is 0. The van der Waals surface area contributed by atoms with Crippen molar-refractivity contribution in [1.82, 2.24) is 5.06 Å². The lowest BCUT2D eigenvalue weighted by atomic mass is 9.67. The maximum atomic E-state index is 11.5. The fourth-order valence-corrected chi connectivity index (χ4v) is 1.61. The van der Waals surface area contributed by atoms with E-state index in [4.69, 9.17) is 0 Å². The highest BCUT2D eigenvalue weighted by molar-refractivity contribution is 5.00.